The third-order valence-corrected chi connectivity index (χ3v) is 3.54. The Labute approximate surface area is 110 Å². The summed E-state index contributed by atoms with van der Waals surface area (Å²) < 4.78 is 0. The van der Waals surface area contributed by atoms with E-state index in [1.165, 1.54) is 18.4 Å². The van der Waals surface area contributed by atoms with Gasteiger partial charge in [0.15, 0.2) is 0 Å². The van der Waals surface area contributed by atoms with Gasteiger partial charge in [0.05, 0.1) is 0 Å². The van der Waals surface area contributed by atoms with Crippen LogP contribution < -0.4 is 5.73 Å². The van der Waals surface area contributed by atoms with Crippen LogP contribution in [0.2, 0.25) is 0 Å². The first kappa shape index (κ1) is 13.3. The molecule has 1 aliphatic carbocycles. The molecule has 2 N–H and O–H groups in total. The van der Waals surface area contributed by atoms with Crippen molar-refractivity contribution in [2.75, 3.05) is 13.1 Å². The van der Waals surface area contributed by atoms with E-state index in [9.17, 15) is 0 Å². The van der Waals surface area contributed by atoms with Crippen molar-refractivity contribution >= 4 is 0 Å². The van der Waals surface area contributed by atoms with Gasteiger partial charge in [0, 0.05) is 25.2 Å². The lowest BCUT2D eigenvalue weighted by Crippen LogP contribution is -2.39. The Morgan fingerprint density at radius 1 is 1.33 bits per heavy atom. The van der Waals surface area contributed by atoms with E-state index in [1.54, 1.807) is 0 Å². The molecule has 2 nitrogen and oxygen atoms in total. The molecule has 98 valence electrons. The maximum atomic E-state index is 6.24. The second-order valence-corrected chi connectivity index (χ2v) is 5.26. The molecule has 1 aromatic carbocycles. The Kier molecular flexibility index (Phi) is 4.97. The minimum atomic E-state index is 0.269. The van der Waals surface area contributed by atoms with Crippen LogP contribution in [0.1, 0.15) is 24.8 Å². The largest absolute Gasteiger partial charge is 0.327 e. The molecule has 18 heavy (non-hydrogen) atoms. The summed E-state index contributed by atoms with van der Waals surface area (Å²) in [4.78, 5) is 2.47. The van der Waals surface area contributed by atoms with Gasteiger partial charge in [-0.25, -0.2) is 0 Å². The highest BCUT2D eigenvalue weighted by atomic mass is 15.2. The number of nitrogens with zero attached hydrogens (tertiary/aromatic N) is 1. The molecule has 0 saturated heterocycles. The Hall–Kier alpha value is -1.12. The molecule has 0 aliphatic heterocycles. The molecule has 0 radical (unpaired) electrons. The molecule has 1 saturated carbocycles. The SMILES string of the molecule is C=CCN(CC(N)CCc1ccccc1)C1CC1. The van der Waals surface area contributed by atoms with Crippen LogP contribution in [0.5, 0.6) is 0 Å². The van der Waals surface area contributed by atoms with Crippen LogP contribution in [0.4, 0.5) is 0 Å². The van der Waals surface area contributed by atoms with Crippen LogP contribution in [0, 0.1) is 0 Å². The van der Waals surface area contributed by atoms with Crippen LogP contribution in [0.15, 0.2) is 43.0 Å². The van der Waals surface area contributed by atoms with Gasteiger partial charge in [0.25, 0.3) is 0 Å². The third kappa shape index (κ3) is 4.28. The lowest BCUT2D eigenvalue weighted by Gasteiger charge is -2.24. The monoisotopic (exact) mass is 244 g/mol. The third-order valence-electron chi connectivity index (χ3n) is 3.54. The predicted octanol–water partition coefficient (Wildman–Crippen LogP) is 2.60. The predicted molar refractivity (Wildman–Crippen MR) is 77.5 cm³/mol. The highest BCUT2D eigenvalue weighted by Gasteiger charge is 2.28. The van der Waals surface area contributed by atoms with Crippen molar-refractivity contribution in [1.29, 1.82) is 0 Å². The van der Waals surface area contributed by atoms with E-state index < -0.39 is 0 Å². The first-order valence-corrected chi connectivity index (χ1v) is 6.94. The van der Waals surface area contributed by atoms with Crippen LogP contribution in [-0.2, 0) is 6.42 Å². The quantitative estimate of drug-likeness (QED) is 0.712. The number of hydrogen-bond donors (Lipinski definition) is 1. The second-order valence-electron chi connectivity index (χ2n) is 5.26. The normalized spacial score (nSPS) is 16.8. The fraction of sp³-hybridized carbons (Fsp3) is 0.500. The van der Waals surface area contributed by atoms with Gasteiger partial charge in [-0.1, -0.05) is 36.4 Å². The minimum absolute atomic E-state index is 0.269. The molecule has 0 amide bonds. The number of nitrogens with two attached hydrogens (primary N) is 1. The molecule has 2 heteroatoms. The zero-order valence-electron chi connectivity index (χ0n) is 11.1. The second kappa shape index (κ2) is 6.72. The maximum absolute atomic E-state index is 6.24. The first-order chi connectivity index (χ1) is 8.79. The van der Waals surface area contributed by atoms with Gasteiger partial charge in [0.1, 0.15) is 0 Å². The molecular formula is C16H24N2. The molecule has 1 aromatic rings. The first-order valence-electron chi connectivity index (χ1n) is 6.94. The van der Waals surface area contributed by atoms with Crippen molar-refractivity contribution in [2.45, 2.75) is 37.8 Å². The Morgan fingerprint density at radius 3 is 2.67 bits per heavy atom. The van der Waals surface area contributed by atoms with Gasteiger partial charge in [-0.3, -0.25) is 4.90 Å². The summed E-state index contributed by atoms with van der Waals surface area (Å²) in [5, 5.41) is 0. The van der Waals surface area contributed by atoms with E-state index in [1.807, 2.05) is 6.08 Å². The fourth-order valence-electron chi connectivity index (χ4n) is 2.37. The summed E-state index contributed by atoms with van der Waals surface area (Å²) in [6, 6.07) is 11.6. The average molecular weight is 244 g/mol. The van der Waals surface area contributed by atoms with E-state index >= 15 is 0 Å². The molecular weight excluding hydrogens is 220 g/mol. The lowest BCUT2D eigenvalue weighted by molar-refractivity contribution is 0.268. The minimum Gasteiger partial charge on any atom is -0.327 e. The highest BCUT2D eigenvalue weighted by molar-refractivity contribution is 5.14. The fourth-order valence-corrected chi connectivity index (χ4v) is 2.37. The van der Waals surface area contributed by atoms with Crippen molar-refractivity contribution in [3.8, 4) is 0 Å². The lowest BCUT2D eigenvalue weighted by atomic mass is 10.1. The number of hydrogen-bond acceptors (Lipinski definition) is 2. The van der Waals surface area contributed by atoms with Crippen LogP contribution in [0.3, 0.4) is 0 Å². The smallest absolute Gasteiger partial charge is 0.0171 e. The Balaban J connectivity index is 1.73. The summed E-state index contributed by atoms with van der Waals surface area (Å²) in [5.74, 6) is 0. The average Bonchev–Trinajstić information content (AvgIpc) is 3.21. The molecule has 0 heterocycles. The summed E-state index contributed by atoms with van der Waals surface area (Å²) >= 11 is 0. The van der Waals surface area contributed by atoms with Crippen molar-refractivity contribution in [3.63, 3.8) is 0 Å². The summed E-state index contributed by atoms with van der Waals surface area (Å²) in [6.07, 6.45) is 6.79. The molecule has 1 unspecified atom stereocenters. The topological polar surface area (TPSA) is 29.3 Å². The van der Waals surface area contributed by atoms with E-state index in [2.05, 4.69) is 41.8 Å². The molecule has 0 bridgehead atoms. The molecule has 0 spiro atoms. The van der Waals surface area contributed by atoms with Crippen molar-refractivity contribution in [1.82, 2.24) is 4.90 Å². The van der Waals surface area contributed by atoms with Crippen LogP contribution >= 0.6 is 0 Å². The van der Waals surface area contributed by atoms with Crippen molar-refractivity contribution < 1.29 is 0 Å². The molecule has 1 aliphatic rings. The van der Waals surface area contributed by atoms with Gasteiger partial charge in [0.2, 0.25) is 0 Å². The Morgan fingerprint density at radius 2 is 2.06 bits per heavy atom. The number of aryl methyl sites for hydroxylation is 1. The summed E-state index contributed by atoms with van der Waals surface area (Å²) in [7, 11) is 0. The van der Waals surface area contributed by atoms with Crippen molar-refractivity contribution in [2.24, 2.45) is 5.73 Å². The highest BCUT2D eigenvalue weighted by Crippen LogP contribution is 2.26. The van der Waals surface area contributed by atoms with E-state index in [0.29, 0.717) is 0 Å². The number of rotatable bonds is 8. The molecule has 1 atom stereocenters. The van der Waals surface area contributed by atoms with Gasteiger partial charge < -0.3 is 5.73 Å². The van der Waals surface area contributed by atoms with E-state index in [0.717, 1.165) is 32.0 Å². The van der Waals surface area contributed by atoms with Gasteiger partial charge in [-0.05, 0) is 31.2 Å². The van der Waals surface area contributed by atoms with Gasteiger partial charge in [-0.2, -0.15) is 0 Å². The van der Waals surface area contributed by atoms with Gasteiger partial charge in [-0.15, -0.1) is 6.58 Å². The molecule has 2 rings (SSSR count). The summed E-state index contributed by atoms with van der Waals surface area (Å²) in [6.45, 7) is 5.81. The Bertz CT molecular complexity index is 357. The van der Waals surface area contributed by atoms with Gasteiger partial charge >= 0.3 is 0 Å². The molecule has 0 aromatic heterocycles. The van der Waals surface area contributed by atoms with E-state index in [4.69, 9.17) is 5.73 Å². The number of benzene rings is 1. The summed E-state index contributed by atoms with van der Waals surface area (Å²) in [5.41, 5.74) is 7.63. The van der Waals surface area contributed by atoms with Crippen LogP contribution in [-0.4, -0.2) is 30.1 Å². The van der Waals surface area contributed by atoms with Crippen molar-refractivity contribution in [3.05, 3.63) is 48.6 Å². The molecule has 1 fully saturated rings. The maximum Gasteiger partial charge on any atom is 0.0171 e. The van der Waals surface area contributed by atoms with E-state index in [-0.39, 0.29) is 6.04 Å². The standard InChI is InChI=1S/C16H24N2/c1-2-12-18(16-10-11-16)13-15(17)9-8-14-6-4-3-5-7-14/h2-7,15-16H,1,8-13,17H2. The zero-order chi connectivity index (χ0) is 12.8. The van der Waals surface area contributed by atoms with Crippen LogP contribution in [0.25, 0.3) is 0 Å². The zero-order valence-corrected chi connectivity index (χ0v) is 11.1.